The number of carbonyl (C=O) groups is 2. The van der Waals surface area contributed by atoms with Gasteiger partial charge in [-0.2, -0.15) is 0 Å². The molecule has 25 heavy (non-hydrogen) atoms. The Morgan fingerprint density at radius 2 is 1.88 bits per heavy atom. The molecule has 4 nitrogen and oxygen atoms in total. The predicted octanol–water partition coefficient (Wildman–Crippen LogP) is 4.63. The van der Waals surface area contributed by atoms with Gasteiger partial charge in [-0.25, -0.2) is 13.6 Å². The first-order valence-electron chi connectivity index (χ1n) is 8.45. The summed E-state index contributed by atoms with van der Waals surface area (Å²) in [4.78, 5) is 24.7. The van der Waals surface area contributed by atoms with Crippen LogP contribution in [0.1, 0.15) is 56.5 Å². The minimum atomic E-state index is -2.99. The van der Waals surface area contributed by atoms with Crippen LogP contribution in [-0.4, -0.2) is 35.5 Å². The topological polar surface area (TPSA) is 46.6 Å². The van der Waals surface area contributed by atoms with Crippen LogP contribution in [-0.2, 0) is 10.7 Å². The van der Waals surface area contributed by atoms with E-state index in [1.165, 1.54) is 36.1 Å². The molecular formula is C19H25F2NO3. The Labute approximate surface area is 147 Å². The molecule has 2 rings (SSSR count). The van der Waals surface area contributed by atoms with E-state index in [-0.39, 0.29) is 29.2 Å². The zero-order valence-electron chi connectivity index (χ0n) is 15.1. The summed E-state index contributed by atoms with van der Waals surface area (Å²) in [5, 5.41) is 0. The molecule has 1 aliphatic heterocycles. The summed E-state index contributed by atoms with van der Waals surface area (Å²) < 4.78 is 34.0. The fraction of sp³-hybridized carbons (Fsp3) is 0.579. The quantitative estimate of drug-likeness (QED) is 0.725. The van der Waals surface area contributed by atoms with Gasteiger partial charge in [0, 0.05) is 30.6 Å². The van der Waals surface area contributed by atoms with Crippen LogP contribution in [0.25, 0.3) is 0 Å². The van der Waals surface area contributed by atoms with Crippen LogP contribution in [0.2, 0.25) is 0 Å². The number of benzene rings is 1. The molecule has 6 heteroatoms. The van der Waals surface area contributed by atoms with E-state index >= 15 is 0 Å². The van der Waals surface area contributed by atoms with Crippen molar-refractivity contribution in [3.05, 3.63) is 35.4 Å². The Morgan fingerprint density at radius 1 is 1.24 bits per heavy atom. The molecule has 1 amide bonds. The summed E-state index contributed by atoms with van der Waals surface area (Å²) in [5.41, 5.74) is -0.405. The van der Waals surface area contributed by atoms with Crippen molar-refractivity contribution in [2.24, 2.45) is 5.92 Å². The van der Waals surface area contributed by atoms with Crippen molar-refractivity contribution in [2.45, 2.75) is 52.1 Å². The minimum absolute atomic E-state index is 0.0504. The van der Waals surface area contributed by atoms with Gasteiger partial charge in [0.2, 0.25) is 0 Å². The van der Waals surface area contributed by atoms with Crippen LogP contribution in [0.5, 0.6) is 0 Å². The van der Waals surface area contributed by atoms with Gasteiger partial charge in [0.25, 0.3) is 5.92 Å². The van der Waals surface area contributed by atoms with Crippen molar-refractivity contribution in [3.63, 3.8) is 0 Å². The standard InChI is InChI=1S/C19H25F2NO3/c1-13(23)15-6-5-7-16(10-15)19(20,21)9-8-14-11-22(12-14)17(24)25-18(2,3)4/h5-7,10,14H,8-9,11-12H2,1-4H3. The van der Waals surface area contributed by atoms with E-state index in [9.17, 15) is 18.4 Å². The Kier molecular flexibility index (Phi) is 5.49. The zero-order valence-corrected chi connectivity index (χ0v) is 15.1. The highest BCUT2D eigenvalue weighted by molar-refractivity contribution is 5.94. The molecule has 0 bridgehead atoms. The average Bonchev–Trinajstić information content (AvgIpc) is 2.43. The monoisotopic (exact) mass is 353 g/mol. The summed E-state index contributed by atoms with van der Waals surface area (Å²) >= 11 is 0. The third-order valence-electron chi connectivity index (χ3n) is 4.17. The van der Waals surface area contributed by atoms with Crippen molar-refractivity contribution in [1.82, 2.24) is 4.90 Å². The molecule has 0 atom stereocenters. The molecule has 0 unspecified atom stereocenters. The van der Waals surface area contributed by atoms with Crippen molar-refractivity contribution >= 4 is 11.9 Å². The second-order valence-corrected chi connectivity index (χ2v) is 7.63. The number of nitrogens with zero attached hydrogens (tertiary/aromatic N) is 1. The normalized spacial score (nSPS) is 15.7. The Balaban J connectivity index is 1.85. The van der Waals surface area contributed by atoms with Gasteiger partial charge in [0.05, 0.1) is 0 Å². The lowest BCUT2D eigenvalue weighted by Gasteiger charge is -2.40. The summed E-state index contributed by atoms with van der Waals surface area (Å²) in [5.74, 6) is -3.17. The summed E-state index contributed by atoms with van der Waals surface area (Å²) in [6.45, 7) is 7.61. The molecule has 0 spiro atoms. The fourth-order valence-electron chi connectivity index (χ4n) is 2.72. The molecular weight excluding hydrogens is 328 g/mol. The number of ketones is 1. The first-order chi connectivity index (χ1) is 11.5. The number of alkyl halides is 2. The van der Waals surface area contributed by atoms with Gasteiger partial charge in [-0.05, 0) is 46.1 Å². The first kappa shape index (κ1) is 19.3. The lowest BCUT2D eigenvalue weighted by molar-refractivity contribution is -0.0337. The van der Waals surface area contributed by atoms with E-state index in [1.54, 1.807) is 20.8 Å². The molecule has 0 aromatic heterocycles. The fourth-order valence-corrected chi connectivity index (χ4v) is 2.72. The average molecular weight is 353 g/mol. The number of Topliss-reactive ketones (excluding diaryl/α,β-unsaturated/α-hetero) is 1. The lowest BCUT2D eigenvalue weighted by atomic mass is 9.91. The molecule has 1 aromatic carbocycles. The highest BCUT2D eigenvalue weighted by Gasteiger charge is 2.37. The molecule has 1 aromatic rings. The van der Waals surface area contributed by atoms with E-state index in [1.807, 2.05) is 0 Å². The molecule has 0 N–H and O–H groups in total. The Bertz CT molecular complexity index is 646. The van der Waals surface area contributed by atoms with E-state index in [0.717, 1.165) is 0 Å². The second-order valence-electron chi connectivity index (χ2n) is 7.63. The predicted molar refractivity (Wildman–Crippen MR) is 90.9 cm³/mol. The molecule has 138 valence electrons. The Morgan fingerprint density at radius 3 is 2.44 bits per heavy atom. The Hall–Kier alpha value is -1.98. The molecule has 1 aliphatic rings. The number of likely N-dealkylation sites (tertiary alicyclic amines) is 1. The molecule has 1 fully saturated rings. The summed E-state index contributed by atoms with van der Waals surface area (Å²) in [6.07, 6.45) is -0.387. The van der Waals surface area contributed by atoms with Gasteiger partial charge in [-0.1, -0.05) is 18.2 Å². The number of rotatable bonds is 5. The van der Waals surface area contributed by atoms with Gasteiger partial charge >= 0.3 is 6.09 Å². The van der Waals surface area contributed by atoms with Crippen molar-refractivity contribution in [1.29, 1.82) is 0 Å². The van der Waals surface area contributed by atoms with Gasteiger partial charge in [-0.15, -0.1) is 0 Å². The highest BCUT2D eigenvalue weighted by Crippen LogP contribution is 2.36. The van der Waals surface area contributed by atoms with Crippen LogP contribution >= 0.6 is 0 Å². The first-order valence-corrected chi connectivity index (χ1v) is 8.45. The molecule has 0 saturated carbocycles. The van der Waals surface area contributed by atoms with Crippen molar-refractivity contribution in [2.75, 3.05) is 13.1 Å². The summed E-state index contributed by atoms with van der Waals surface area (Å²) in [7, 11) is 0. The zero-order chi connectivity index (χ0) is 18.8. The van der Waals surface area contributed by atoms with Gasteiger partial charge < -0.3 is 9.64 Å². The van der Waals surface area contributed by atoms with Crippen LogP contribution in [0, 0.1) is 5.92 Å². The van der Waals surface area contributed by atoms with E-state index in [4.69, 9.17) is 4.74 Å². The molecule has 0 radical (unpaired) electrons. The SMILES string of the molecule is CC(=O)c1cccc(C(F)(F)CCC2CN(C(=O)OC(C)(C)C)C2)c1. The van der Waals surface area contributed by atoms with E-state index in [2.05, 4.69) is 0 Å². The van der Waals surface area contributed by atoms with Gasteiger partial charge in [0.1, 0.15) is 5.60 Å². The number of halogens is 2. The minimum Gasteiger partial charge on any atom is -0.444 e. The molecule has 1 heterocycles. The smallest absolute Gasteiger partial charge is 0.410 e. The summed E-state index contributed by atoms with van der Waals surface area (Å²) in [6, 6.07) is 5.62. The van der Waals surface area contributed by atoms with Gasteiger partial charge in [0.15, 0.2) is 5.78 Å². The number of amides is 1. The third-order valence-corrected chi connectivity index (χ3v) is 4.17. The van der Waals surface area contributed by atoms with Crippen molar-refractivity contribution in [3.8, 4) is 0 Å². The third kappa shape index (κ3) is 5.25. The van der Waals surface area contributed by atoms with Crippen molar-refractivity contribution < 1.29 is 23.1 Å². The van der Waals surface area contributed by atoms with Crippen LogP contribution in [0.3, 0.4) is 0 Å². The largest absolute Gasteiger partial charge is 0.444 e. The maximum Gasteiger partial charge on any atom is 0.410 e. The van der Waals surface area contributed by atoms with Crippen LogP contribution in [0.15, 0.2) is 24.3 Å². The van der Waals surface area contributed by atoms with E-state index in [0.29, 0.717) is 19.5 Å². The molecule has 0 aliphatic carbocycles. The number of ether oxygens (including phenoxy) is 1. The van der Waals surface area contributed by atoms with E-state index < -0.39 is 17.6 Å². The number of hydrogen-bond donors (Lipinski definition) is 0. The lowest BCUT2D eigenvalue weighted by Crippen LogP contribution is -2.51. The van der Waals surface area contributed by atoms with Crippen LogP contribution in [0.4, 0.5) is 13.6 Å². The molecule has 1 saturated heterocycles. The highest BCUT2D eigenvalue weighted by atomic mass is 19.3. The van der Waals surface area contributed by atoms with Crippen LogP contribution < -0.4 is 0 Å². The number of hydrogen-bond acceptors (Lipinski definition) is 3. The second kappa shape index (κ2) is 7.10. The number of carbonyl (C=O) groups excluding carboxylic acids is 2. The van der Waals surface area contributed by atoms with Gasteiger partial charge in [-0.3, -0.25) is 4.79 Å². The maximum atomic E-state index is 14.4. The maximum absolute atomic E-state index is 14.4.